The van der Waals surface area contributed by atoms with Gasteiger partial charge in [-0.25, -0.2) is 0 Å². The van der Waals surface area contributed by atoms with Crippen molar-refractivity contribution in [2.45, 2.75) is 0 Å². The molecule has 1 aromatic carbocycles. The molecule has 1 aliphatic rings. The molecule has 2 N–H and O–H groups in total. The summed E-state index contributed by atoms with van der Waals surface area (Å²) in [7, 11) is 0. The number of carbonyl (C=O) groups is 2. The number of nitrogens with two attached hydrogens (primary N) is 1. The molecule has 1 aromatic rings. The van der Waals surface area contributed by atoms with Gasteiger partial charge < -0.3 is 5.73 Å². The van der Waals surface area contributed by atoms with Crippen LogP contribution in [0.5, 0.6) is 0 Å². The minimum atomic E-state index is -0.375. The van der Waals surface area contributed by atoms with E-state index in [1.165, 1.54) is 6.07 Å². The highest BCUT2D eigenvalue weighted by Crippen LogP contribution is 2.24. The van der Waals surface area contributed by atoms with Gasteiger partial charge in [0.2, 0.25) is 0 Å². The molecule has 15 heavy (non-hydrogen) atoms. The summed E-state index contributed by atoms with van der Waals surface area (Å²) in [5, 5.41) is 0. The zero-order valence-corrected chi connectivity index (χ0v) is 7.86. The molecule has 0 unspecified atom stereocenters. The van der Waals surface area contributed by atoms with Crippen LogP contribution in [0.25, 0.3) is 0 Å². The summed E-state index contributed by atoms with van der Waals surface area (Å²) >= 11 is 0. The third-order valence-corrected chi connectivity index (χ3v) is 2.24. The summed E-state index contributed by atoms with van der Waals surface area (Å²) in [6.45, 7) is -0.00769. The SMILES string of the molecule is C#CCN1C(=O)c2ccc(N)cc2C1=O. The second kappa shape index (κ2) is 3.14. The van der Waals surface area contributed by atoms with E-state index in [0.29, 0.717) is 16.8 Å². The highest BCUT2D eigenvalue weighted by molar-refractivity contribution is 6.21. The number of hydrogen-bond acceptors (Lipinski definition) is 3. The molecule has 2 rings (SSSR count). The number of benzene rings is 1. The van der Waals surface area contributed by atoms with E-state index in [4.69, 9.17) is 12.2 Å². The van der Waals surface area contributed by atoms with Gasteiger partial charge in [0.15, 0.2) is 0 Å². The van der Waals surface area contributed by atoms with Crippen molar-refractivity contribution in [2.75, 3.05) is 12.3 Å². The summed E-state index contributed by atoms with van der Waals surface area (Å²) in [6.07, 6.45) is 5.08. The minimum absolute atomic E-state index is 0.00769. The number of rotatable bonds is 1. The molecule has 1 aliphatic heterocycles. The largest absolute Gasteiger partial charge is 0.399 e. The normalized spacial score (nSPS) is 13.9. The van der Waals surface area contributed by atoms with Crippen molar-refractivity contribution in [1.29, 1.82) is 0 Å². The van der Waals surface area contributed by atoms with E-state index in [2.05, 4.69) is 5.92 Å². The van der Waals surface area contributed by atoms with Crippen LogP contribution in [0, 0.1) is 12.3 Å². The molecule has 1 heterocycles. The van der Waals surface area contributed by atoms with Crippen LogP contribution in [0.4, 0.5) is 5.69 Å². The fourth-order valence-corrected chi connectivity index (χ4v) is 1.54. The Labute approximate surface area is 86.7 Å². The first-order chi connectivity index (χ1) is 7.15. The number of terminal acetylenes is 1. The van der Waals surface area contributed by atoms with Crippen molar-refractivity contribution in [3.8, 4) is 12.3 Å². The Balaban J connectivity index is 2.52. The van der Waals surface area contributed by atoms with E-state index in [1.807, 2.05) is 0 Å². The minimum Gasteiger partial charge on any atom is -0.399 e. The highest BCUT2D eigenvalue weighted by atomic mass is 16.2. The average molecular weight is 200 g/mol. The zero-order valence-electron chi connectivity index (χ0n) is 7.86. The third-order valence-electron chi connectivity index (χ3n) is 2.24. The lowest BCUT2D eigenvalue weighted by atomic mass is 10.1. The van der Waals surface area contributed by atoms with Gasteiger partial charge in [-0.05, 0) is 18.2 Å². The topological polar surface area (TPSA) is 63.4 Å². The van der Waals surface area contributed by atoms with E-state index in [9.17, 15) is 9.59 Å². The molecule has 0 spiro atoms. The maximum atomic E-state index is 11.7. The van der Waals surface area contributed by atoms with Gasteiger partial charge in [-0.1, -0.05) is 5.92 Å². The standard InChI is InChI=1S/C11H8N2O2/c1-2-5-13-10(14)8-4-3-7(12)6-9(8)11(13)15/h1,3-4,6H,5,12H2. The summed E-state index contributed by atoms with van der Waals surface area (Å²) in [5.74, 6) is 1.54. The molecule has 0 atom stereocenters. The summed E-state index contributed by atoms with van der Waals surface area (Å²) in [4.78, 5) is 24.4. The van der Waals surface area contributed by atoms with Crippen LogP contribution in [-0.2, 0) is 0 Å². The quantitative estimate of drug-likeness (QED) is 0.408. The van der Waals surface area contributed by atoms with Gasteiger partial charge in [-0.3, -0.25) is 14.5 Å². The van der Waals surface area contributed by atoms with Gasteiger partial charge in [0.1, 0.15) is 0 Å². The van der Waals surface area contributed by atoms with E-state index in [1.54, 1.807) is 12.1 Å². The molecular weight excluding hydrogens is 192 g/mol. The number of hydrogen-bond donors (Lipinski definition) is 1. The number of fused-ring (bicyclic) bond motifs is 1. The molecular formula is C11H8N2O2. The fraction of sp³-hybridized carbons (Fsp3) is 0.0909. The van der Waals surface area contributed by atoms with Crippen LogP contribution in [0.15, 0.2) is 18.2 Å². The summed E-state index contributed by atoms with van der Waals surface area (Å²) < 4.78 is 0. The second-order valence-electron chi connectivity index (χ2n) is 3.21. The number of imide groups is 1. The fourth-order valence-electron chi connectivity index (χ4n) is 1.54. The first-order valence-corrected chi connectivity index (χ1v) is 4.34. The van der Waals surface area contributed by atoms with Crippen molar-refractivity contribution in [2.24, 2.45) is 0 Å². The van der Waals surface area contributed by atoms with Crippen molar-refractivity contribution in [3.05, 3.63) is 29.3 Å². The van der Waals surface area contributed by atoms with Crippen LogP contribution < -0.4 is 5.73 Å². The molecule has 4 nitrogen and oxygen atoms in total. The number of nitrogen functional groups attached to an aromatic ring is 1. The third kappa shape index (κ3) is 1.25. The Morgan fingerprint density at radius 1 is 1.27 bits per heavy atom. The van der Waals surface area contributed by atoms with E-state index in [-0.39, 0.29) is 18.4 Å². The monoisotopic (exact) mass is 200 g/mol. The summed E-state index contributed by atoms with van der Waals surface area (Å²) in [6, 6.07) is 4.62. The molecule has 74 valence electrons. The predicted molar refractivity (Wildman–Crippen MR) is 55.1 cm³/mol. The number of amides is 2. The predicted octanol–water partition coefficient (Wildman–Crippen LogP) is 0.498. The average Bonchev–Trinajstić information content (AvgIpc) is 2.44. The smallest absolute Gasteiger partial charge is 0.262 e. The number of carbonyl (C=O) groups excluding carboxylic acids is 2. The van der Waals surface area contributed by atoms with Gasteiger partial charge >= 0.3 is 0 Å². The van der Waals surface area contributed by atoms with E-state index < -0.39 is 0 Å². The van der Waals surface area contributed by atoms with Crippen LogP contribution in [0.3, 0.4) is 0 Å². The van der Waals surface area contributed by atoms with Gasteiger partial charge in [-0.2, -0.15) is 0 Å². The number of anilines is 1. The van der Waals surface area contributed by atoms with Crippen molar-refractivity contribution >= 4 is 17.5 Å². The molecule has 0 fully saturated rings. The Morgan fingerprint density at radius 3 is 2.60 bits per heavy atom. The van der Waals surface area contributed by atoms with Gasteiger partial charge in [-0.15, -0.1) is 6.42 Å². The Hall–Kier alpha value is -2.28. The molecule has 0 saturated heterocycles. The van der Waals surface area contributed by atoms with E-state index in [0.717, 1.165) is 4.90 Å². The maximum Gasteiger partial charge on any atom is 0.262 e. The Morgan fingerprint density at radius 2 is 1.93 bits per heavy atom. The van der Waals surface area contributed by atoms with Crippen LogP contribution >= 0.6 is 0 Å². The molecule has 0 aliphatic carbocycles. The summed E-state index contributed by atoms with van der Waals surface area (Å²) in [5.41, 5.74) is 6.69. The molecule has 0 bridgehead atoms. The van der Waals surface area contributed by atoms with E-state index >= 15 is 0 Å². The Bertz CT molecular complexity index is 500. The van der Waals surface area contributed by atoms with Crippen LogP contribution in [0.2, 0.25) is 0 Å². The Kier molecular flexibility index (Phi) is 1.94. The molecule has 0 aromatic heterocycles. The highest BCUT2D eigenvalue weighted by Gasteiger charge is 2.34. The number of nitrogens with zero attached hydrogens (tertiary/aromatic N) is 1. The van der Waals surface area contributed by atoms with Gasteiger partial charge in [0, 0.05) is 5.69 Å². The molecule has 2 amide bonds. The van der Waals surface area contributed by atoms with Crippen molar-refractivity contribution in [3.63, 3.8) is 0 Å². The van der Waals surface area contributed by atoms with Crippen molar-refractivity contribution in [1.82, 2.24) is 4.90 Å². The van der Waals surface area contributed by atoms with Crippen LogP contribution in [-0.4, -0.2) is 23.3 Å². The van der Waals surface area contributed by atoms with Crippen LogP contribution in [0.1, 0.15) is 20.7 Å². The molecule has 0 saturated carbocycles. The van der Waals surface area contributed by atoms with Gasteiger partial charge in [0.25, 0.3) is 11.8 Å². The lowest BCUT2D eigenvalue weighted by Crippen LogP contribution is -2.29. The second-order valence-corrected chi connectivity index (χ2v) is 3.21. The maximum absolute atomic E-state index is 11.7. The lowest BCUT2D eigenvalue weighted by Gasteiger charge is -2.08. The zero-order chi connectivity index (χ0) is 11.0. The van der Waals surface area contributed by atoms with Crippen molar-refractivity contribution < 1.29 is 9.59 Å². The first kappa shape index (κ1) is 9.28. The molecule has 0 radical (unpaired) electrons. The first-order valence-electron chi connectivity index (χ1n) is 4.34. The van der Waals surface area contributed by atoms with Gasteiger partial charge in [0.05, 0.1) is 17.7 Å². The molecule has 4 heteroatoms. The lowest BCUT2D eigenvalue weighted by molar-refractivity contribution is 0.0675.